The Kier molecular flexibility index (Phi) is 7.17. The van der Waals surface area contributed by atoms with Crippen LogP contribution in [-0.2, 0) is 20.7 Å². The molecule has 0 spiro atoms. The molecule has 0 radical (unpaired) electrons. The van der Waals surface area contributed by atoms with Crippen molar-refractivity contribution in [2.45, 2.75) is 19.4 Å². The highest BCUT2D eigenvalue weighted by Gasteiger charge is 2.36. The maximum Gasteiger partial charge on any atom is 0.249 e. The number of carbonyl (C=O) groups is 2. The van der Waals surface area contributed by atoms with Crippen LogP contribution in [0.3, 0.4) is 0 Å². The van der Waals surface area contributed by atoms with Crippen LogP contribution in [0.1, 0.15) is 11.3 Å². The quantitative estimate of drug-likeness (QED) is 0.470. The third-order valence-corrected chi connectivity index (χ3v) is 6.31. The number of imidazole rings is 1. The Morgan fingerprint density at radius 2 is 2.03 bits per heavy atom. The molecule has 1 unspecified atom stereocenters. The molecule has 5 rings (SSSR count). The summed E-state index contributed by atoms with van der Waals surface area (Å²) >= 11 is 0. The van der Waals surface area contributed by atoms with Crippen molar-refractivity contribution in [3.63, 3.8) is 0 Å². The van der Waals surface area contributed by atoms with Crippen LogP contribution in [0.25, 0.3) is 5.95 Å². The zero-order valence-corrected chi connectivity index (χ0v) is 20.8. The molecule has 0 aliphatic carbocycles. The van der Waals surface area contributed by atoms with Crippen LogP contribution in [0.5, 0.6) is 11.5 Å². The zero-order chi connectivity index (χ0) is 25.8. The topological polar surface area (TPSA) is 124 Å². The van der Waals surface area contributed by atoms with Crippen molar-refractivity contribution in [3.05, 3.63) is 54.2 Å². The first-order chi connectivity index (χ1) is 18.0. The number of anilines is 1. The van der Waals surface area contributed by atoms with Crippen LogP contribution < -0.4 is 19.7 Å². The normalized spacial score (nSPS) is 16.6. The number of nitrogens with zero attached hydrogens (tertiary/aromatic N) is 6. The summed E-state index contributed by atoms with van der Waals surface area (Å²) in [7, 11) is 1.47. The smallest absolute Gasteiger partial charge is 0.249 e. The van der Waals surface area contributed by atoms with Gasteiger partial charge in [0.2, 0.25) is 24.6 Å². The Morgan fingerprint density at radius 3 is 2.84 bits per heavy atom. The minimum absolute atomic E-state index is 0.0850. The number of carbonyl (C=O) groups excluding carboxylic acids is 2. The Balaban J connectivity index is 1.29. The average Bonchev–Trinajstić information content (AvgIpc) is 3.60. The molecule has 0 bridgehead atoms. The van der Waals surface area contributed by atoms with Crippen LogP contribution in [0.4, 0.5) is 5.82 Å². The third-order valence-electron chi connectivity index (χ3n) is 6.31. The molecular weight excluding hydrogens is 478 g/mol. The Hall–Kier alpha value is -4.19. The molecule has 0 saturated carbocycles. The third kappa shape index (κ3) is 5.48. The summed E-state index contributed by atoms with van der Waals surface area (Å²) in [5, 5.41) is 3.00. The molecule has 1 aromatic carbocycles. The van der Waals surface area contributed by atoms with Gasteiger partial charge in [0.25, 0.3) is 0 Å². The van der Waals surface area contributed by atoms with Gasteiger partial charge in [-0.05, 0) is 31.0 Å². The first-order valence-corrected chi connectivity index (χ1v) is 12.1. The number of aryl methyl sites for hydroxylation is 1. The van der Waals surface area contributed by atoms with Gasteiger partial charge >= 0.3 is 0 Å². The Morgan fingerprint density at radius 1 is 1.16 bits per heavy atom. The van der Waals surface area contributed by atoms with Crippen molar-refractivity contribution in [1.29, 1.82) is 0 Å². The van der Waals surface area contributed by atoms with Gasteiger partial charge in [-0.2, -0.15) is 4.98 Å². The SMILES string of the molecule is COCC(=O)N1CCN(c2cc(C)nc(-n3ccnc3)n2)CC1C(=O)NCCc1ccc2c(c1)OCO2. The lowest BCUT2D eigenvalue weighted by Crippen LogP contribution is -2.61. The standard InChI is InChI=1S/C25H29N7O5/c1-17-11-22(29-25(28-17)31-8-7-26-15-31)30-9-10-32(23(33)14-35-2)19(13-30)24(34)27-6-5-18-3-4-20-21(12-18)37-16-36-20/h3-4,7-8,11-12,15,19H,5-6,9-10,13-14,16H2,1-2H3,(H,27,34). The maximum absolute atomic E-state index is 13.3. The number of ether oxygens (including phenoxy) is 3. The van der Waals surface area contributed by atoms with Crippen LogP contribution in [0.15, 0.2) is 43.0 Å². The van der Waals surface area contributed by atoms with E-state index in [9.17, 15) is 9.59 Å². The van der Waals surface area contributed by atoms with Crippen LogP contribution in [0, 0.1) is 6.92 Å². The number of nitrogens with one attached hydrogen (secondary N) is 1. The van der Waals surface area contributed by atoms with Crippen molar-refractivity contribution in [2.75, 3.05) is 51.6 Å². The fourth-order valence-electron chi connectivity index (χ4n) is 4.46. The lowest BCUT2D eigenvalue weighted by atomic mass is 10.1. The van der Waals surface area contributed by atoms with Gasteiger partial charge in [-0.15, -0.1) is 0 Å². The predicted octanol–water partition coefficient (Wildman–Crippen LogP) is 0.722. The van der Waals surface area contributed by atoms with Crippen molar-refractivity contribution >= 4 is 17.6 Å². The highest BCUT2D eigenvalue weighted by atomic mass is 16.7. The first kappa shape index (κ1) is 24.5. The number of fused-ring (bicyclic) bond motifs is 1. The van der Waals surface area contributed by atoms with Crippen LogP contribution in [0.2, 0.25) is 0 Å². The van der Waals surface area contributed by atoms with Gasteiger partial charge < -0.3 is 29.3 Å². The minimum atomic E-state index is -0.694. The Labute approximate surface area is 214 Å². The molecule has 3 aromatic rings. The van der Waals surface area contributed by atoms with Gasteiger partial charge in [0.15, 0.2) is 11.5 Å². The second-order valence-corrected chi connectivity index (χ2v) is 8.85. The lowest BCUT2D eigenvalue weighted by Gasteiger charge is -2.41. The molecular formula is C25H29N7O5. The average molecular weight is 508 g/mol. The summed E-state index contributed by atoms with van der Waals surface area (Å²) in [6.07, 6.45) is 5.69. The van der Waals surface area contributed by atoms with E-state index < -0.39 is 6.04 Å². The summed E-state index contributed by atoms with van der Waals surface area (Å²) in [6, 6.07) is 6.92. The zero-order valence-electron chi connectivity index (χ0n) is 20.8. The number of rotatable bonds is 8. The van der Waals surface area contributed by atoms with E-state index in [1.165, 1.54) is 7.11 Å². The van der Waals surface area contributed by atoms with E-state index in [4.69, 9.17) is 14.2 Å². The molecule has 2 aliphatic rings. The van der Waals surface area contributed by atoms with Gasteiger partial charge in [0, 0.05) is 57.4 Å². The van der Waals surface area contributed by atoms with E-state index in [0.717, 1.165) is 17.0 Å². The number of aromatic nitrogens is 4. The number of methoxy groups -OCH3 is 1. The molecule has 12 nitrogen and oxygen atoms in total. The lowest BCUT2D eigenvalue weighted by molar-refractivity contribution is -0.143. The van der Waals surface area contributed by atoms with E-state index in [-0.39, 0.29) is 25.2 Å². The molecule has 2 aromatic heterocycles. The fraction of sp³-hybridized carbons (Fsp3) is 0.400. The molecule has 1 saturated heterocycles. The number of hydrogen-bond acceptors (Lipinski definition) is 9. The van der Waals surface area contributed by atoms with Crippen molar-refractivity contribution in [1.82, 2.24) is 29.7 Å². The monoisotopic (exact) mass is 507 g/mol. The van der Waals surface area contributed by atoms with E-state index in [1.54, 1.807) is 28.2 Å². The summed E-state index contributed by atoms with van der Waals surface area (Å²) in [5.41, 5.74) is 1.81. The van der Waals surface area contributed by atoms with E-state index in [0.29, 0.717) is 50.1 Å². The van der Waals surface area contributed by atoms with E-state index >= 15 is 0 Å². The predicted molar refractivity (Wildman–Crippen MR) is 133 cm³/mol. The summed E-state index contributed by atoms with van der Waals surface area (Å²) in [6.45, 7) is 3.63. The molecule has 12 heteroatoms. The minimum Gasteiger partial charge on any atom is -0.454 e. The number of piperazine rings is 1. The Bertz CT molecular complexity index is 1270. The van der Waals surface area contributed by atoms with E-state index in [2.05, 4.69) is 20.3 Å². The number of benzene rings is 1. The fourth-order valence-corrected chi connectivity index (χ4v) is 4.46. The van der Waals surface area contributed by atoms with E-state index in [1.807, 2.05) is 36.1 Å². The second-order valence-electron chi connectivity index (χ2n) is 8.85. The summed E-state index contributed by atoms with van der Waals surface area (Å²) in [5.74, 6) is 2.16. The van der Waals surface area contributed by atoms with Crippen molar-refractivity contribution < 1.29 is 23.8 Å². The van der Waals surface area contributed by atoms with Gasteiger partial charge in [0.1, 0.15) is 24.8 Å². The molecule has 1 atom stereocenters. The second kappa shape index (κ2) is 10.8. The highest BCUT2D eigenvalue weighted by Crippen LogP contribution is 2.32. The largest absolute Gasteiger partial charge is 0.454 e. The van der Waals surface area contributed by atoms with Crippen LogP contribution in [-0.4, -0.2) is 89.0 Å². The molecule has 1 fully saturated rings. The molecule has 2 aliphatic heterocycles. The molecule has 37 heavy (non-hydrogen) atoms. The van der Waals surface area contributed by atoms with Gasteiger partial charge in [-0.25, -0.2) is 9.97 Å². The van der Waals surface area contributed by atoms with Gasteiger partial charge in [-0.1, -0.05) is 6.07 Å². The number of hydrogen-bond donors (Lipinski definition) is 1. The van der Waals surface area contributed by atoms with Crippen LogP contribution >= 0.6 is 0 Å². The summed E-state index contributed by atoms with van der Waals surface area (Å²) in [4.78, 5) is 42.9. The maximum atomic E-state index is 13.3. The number of amides is 2. The van der Waals surface area contributed by atoms with Gasteiger partial charge in [0.05, 0.1) is 0 Å². The van der Waals surface area contributed by atoms with Gasteiger partial charge in [-0.3, -0.25) is 14.2 Å². The first-order valence-electron chi connectivity index (χ1n) is 12.1. The highest BCUT2D eigenvalue weighted by molar-refractivity contribution is 5.89. The molecule has 194 valence electrons. The molecule has 1 N–H and O–H groups in total. The van der Waals surface area contributed by atoms with Crippen molar-refractivity contribution in [3.8, 4) is 17.4 Å². The molecule has 4 heterocycles. The summed E-state index contributed by atoms with van der Waals surface area (Å²) < 4.78 is 17.6. The molecule has 2 amide bonds. The van der Waals surface area contributed by atoms with Crippen molar-refractivity contribution in [2.24, 2.45) is 0 Å².